The Morgan fingerprint density at radius 1 is 1.78 bits per heavy atom. The van der Waals surface area contributed by atoms with Crippen LogP contribution in [0.5, 0.6) is 0 Å². The molecule has 6 heteroatoms. The van der Waals surface area contributed by atoms with E-state index in [1.165, 1.54) is 7.05 Å². The molecule has 0 amide bonds. The van der Waals surface area contributed by atoms with Crippen molar-refractivity contribution in [2.75, 3.05) is 0 Å². The lowest BCUT2D eigenvalue weighted by Crippen LogP contribution is -2.26. The molecule has 1 heterocycles. The van der Waals surface area contributed by atoms with Gasteiger partial charge in [-0.3, -0.25) is 0 Å². The van der Waals surface area contributed by atoms with Crippen LogP contribution in [0.3, 0.4) is 0 Å². The lowest BCUT2D eigenvalue weighted by atomic mass is 10.6. The standard InChI is InChI=1S/C3H4N4O2/c1-7-2(3(8)9)4-5-6-7/h1H3,(H,8,9)/p-1. The van der Waals surface area contributed by atoms with Crippen LogP contribution in [-0.2, 0) is 7.05 Å². The van der Waals surface area contributed by atoms with E-state index in [2.05, 4.69) is 15.5 Å². The maximum Gasteiger partial charge on any atom is 0.197 e. The molecule has 0 atom stereocenters. The Balaban J connectivity index is 3.08. The molecule has 1 aromatic rings. The summed E-state index contributed by atoms with van der Waals surface area (Å²) in [4.78, 5) is 10.0. The Labute approximate surface area is 50.1 Å². The zero-order chi connectivity index (χ0) is 6.85. The van der Waals surface area contributed by atoms with E-state index < -0.39 is 5.97 Å². The largest absolute Gasteiger partial charge is 0.541 e. The number of carboxylic acids is 1. The van der Waals surface area contributed by atoms with Crippen LogP contribution in [-0.4, -0.2) is 26.2 Å². The molecule has 1 rings (SSSR count). The molecule has 0 saturated carbocycles. The minimum Gasteiger partial charge on any atom is -0.541 e. The first-order valence-electron chi connectivity index (χ1n) is 2.15. The van der Waals surface area contributed by atoms with E-state index in [1.54, 1.807) is 0 Å². The number of aromatic nitrogens is 4. The van der Waals surface area contributed by atoms with Crippen molar-refractivity contribution < 1.29 is 9.90 Å². The molecule has 0 saturated heterocycles. The number of carbonyl (C=O) groups is 1. The van der Waals surface area contributed by atoms with Gasteiger partial charge in [-0.05, 0) is 10.4 Å². The fourth-order valence-corrected chi connectivity index (χ4v) is 0.402. The molecule has 0 aliphatic rings. The molecule has 9 heavy (non-hydrogen) atoms. The number of tetrazole rings is 1. The summed E-state index contributed by atoms with van der Waals surface area (Å²) in [6.45, 7) is 0. The second-order valence-electron chi connectivity index (χ2n) is 1.41. The Morgan fingerprint density at radius 2 is 2.44 bits per heavy atom. The monoisotopic (exact) mass is 127 g/mol. The highest BCUT2D eigenvalue weighted by Crippen LogP contribution is 1.82. The normalized spacial score (nSPS) is 9.44. The maximum atomic E-state index is 10.0. The van der Waals surface area contributed by atoms with Gasteiger partial charge in [0.25, 0.3) is 0 Å². The van der Waals surface area contributed by atoms with Crippen molar-refractivity contribution in [3.8, 4) is 0 Å². The summed E-state index contributed by atoms with van der Waals surface area (Å²) in [5, 5.41) is 19.5. The number of aryl methyl sites for hydroxylation is 1. The molecule has 0 fully saturated rings. The number of carboxylic acid groups (broad SMARTS) is 1. The highest BCUT2D eigenvalue weighted by Gasteiger charge is 1.99. The van der Waals surface area contributed by atoms with Crippen LogP contribution < -0.4 is 5.11 Å². The summed E-state index contributed by atoms with van der Waals surface area (Å²) in [6.07, 6.45) is 0. The minimum absolute atomic E-state index is 0.269. The smallest absolute Gasteiger partial charge is 0.197 e. The molecule has 0 bridgehead atoms. The predicted octanol–water partition coefficient (Wildman–Crippen LogP) is -2.43. The molecular weight excluding hydrogens is 124 g/mol. The highest BCUT2D eigenvalue weighted by atomic mass is 16.4. The van der Waals surface area contributed by atoms with Crippen molar-refractivity contribution in [2.45, 2.75) is 0 Å². The summed E-state index contributed by atoms with van der Waals surface area (Å²) in [5.74, 6) is -1.64. The zero-order valence-electron chi connectivity index (χ0n) is 4.61. The van der Waals surface area contributed by atoms with Gasteiger partial charge in [-0.15, -0.1) is 5.10 Å². The second kappa shape index (κ2) is 1.81. The third kappa shape index (κ3) is 0.857. The molecule has 0 radical (unpaired) electrons. The topological polar surface area (TPSA) is 83.7 Å². The predicted molar refractivity (Wildman–Crippen MR) is 23.1 cm³/mol. The van der Waals surface area contributed by atoms with Gasteiger partial charge in [0, 0.05) is 7.05 Å². The molecule has 0 aliphatic carbocycles. The van der Waals surface area contributed by atoms with Gasteiger partial charge in [-0.1, -0.05) is 0 Å². The summed E-state index contributed by atoms with van der Waals surface area (Å²) in [5.41, 5.74) is 0. The average Bonchev–Trinajstić information content (AvgIpc) is 2.13. The first-order chi connectivity index (χ1) is 4.22. The van der Waals surface area contributed by atoms with Crippen LogP contribution in [0.4, 0.5) is 0 Å². The van der Waals surface area contributed by atoms with Gasteiger partial charge >= 0.3 is 0 Å². The van der Waals surface area contributed by atoms with E-state index in [1.807, 2.05) is 0 Å². The number of hydrogen-bond donors (Lipinski definition) is 0. The van der Waals surface area contributed by atoms with E-state index in [0.29, 0.717) is 0 Å². The summed E-state index contributed by atoms with van der Waals surface area (Å²) < 4.78 is 1.02. The fraction of sp³-hybridized carbons (Fsp3) is 0.333. The third-order valence-corrected chi connectivity index (χ3v) is 0.803. The Morgan fingerprint density at radius 3 is 2.67 bits per heavy atom. The van der Waals surface area contributed by atoms with Gasteiger partial charge in [0.2, 0.25) is 0 Å². The van der Waals surface area contributed by atoms with Gasteiger partial charge < -0.3 is 9.90 Å². The molecule has 48 valence electrons. The van der Waals surface area contributed by atoms with E-state index in [0.717, 1.165) is 4.68 Å². The number of nitrogens with zero attached hydrogens (tertiary/aromatic N) is 4. The number of carbonyl (C=O) groups excluding carboxylic acids is 1. The van der Waals surface area contributed by atoms with Gasteiger partial charge in [0.1, 0.15) is 5.97 Å². The quantitative estimate of drug-likeness (QED) is 0.419. The Kier molecular flexibility index (Phi) is 1.14. The van der Waals surface area contributed by atoms with Crippen LogP contribution in [0.1, 0.15) is 10.6 Å². The van der Waals surface area contributed by atoms with Crippen molar-refractivity contribution in [1.82, 2.24) is 20.2 Å². The number of aromatic carboxylic acids is 1. The number of rotatable bonds is 1. The van der Waals surface area contributed by atoms with Crippen LogP contribution in [0.2, 0.25) is 0 Å². The SMILES string of the molecule is Cn1nnnc1C(=O)[O-]. The minimum atomic E-state index is -1.37. The molecule has 0 N–H and O–H groups in total. The van der Waals surface area contributed by atoms with Crippen LogP contribution >= 0.6 is 0 Å². The van der Waals surface area contributed by atoms with Crippen molar-refractivity contribution >= 4 is 5.97 Å². The summed E-state index contributed by atoms with van der Waals surface area (Å²) >= 11 is 0. The summed E-state index contributed by atoms with van der Waals surface area (Å²) in [6, 6.07) is 0. The van der Waals surface area contributed by atoms with Gasteiger partial charge in [0.05, 0.1) is 0 Å². The molecule has 0 aliphatic heterocycles. The first-order valence-corrected chi connectivity index (χ1v) is 2.15. The molecular formula is C3H3N4O2-. The van der Waals surface area contributed by atoms with E-state index in [9.17, 15) is 9.90 Å². The van der Waals surface area contributed by atoms with E-state index >= 15 is 0 Å². The van der Waals surface area contributed by atoms with Crippen LogP contribution in [0.15, 0.2) is 0 Å². The first kappa shape index (κ1) is 5.67. The Hall–Kier alpha value is -1.46. The molecule has 0 aromatic carbocycles. The molecule has 6 nitrogen and oxygen atoms in total. The zero-order valence-corrected chi connectivity index (χ0v) is 4.61. The van der Waals surface area contributed by atoms with Gasteiger partial charge in [0.15, 0.2) is 5.82 Å². The van der Waals surface area contributed by atoms with Crippen molar-refractivity contribution in [3.63, 3.8) is 0 Å². The Bertz CT molecular complexity index is 229. The lowest BCUT2D eigenvalue weighted by Gasteiger charge is -1.95. The van der Waals surface area contributed by atoms with E-state index in [4.69, 9.17) is 0 Å². The van der Waals surface area contributed by atoms with Gasteiger partial charge in [-0.2, -0.15) is 0 Å². The molecule has 0 unspecified atom stereocenters. The van der Waals surface area contributed by atoms with Gasteiger partial charge in [-0.25, -0.2) is 4.68 Å². The van der Waals surface area contributed by atoms with Crippen molar-refractivity contribution in [1.29, 1.82) is 0 Å². The van der Waals surface area contributed by atoms with Crippen molar-refractivity contribution in [3.05, 3.63) is 5.82 Å². The summed E-state index contributed by atoms with van der Waals surface area (Å²) in [7, 11) is 1.42. The van der Waals surface area contributed by atoms with Crippen LogP contribution in [0, 0.1) is 0 Å². The van der Waals surface area contributed by atoms with E-state index in [-0.39, 0.29) is 5.82 Å². The average molecular weight is 127 g/mol. The molecule has 0 spiro atoms. The highest BCUT2D eigenvalue weighted by molar-refractivity contribution is 5.80. The molecule has 1 aromatic heterocycles. The number of hydrogen-bond acceptors (Lipinski definition) is 5. The third-order valence-electron chi connectivity index (χ3n) is 0.803. The maximum absolute atomic E-state index is 10.0. The van der Waals surface area contributed by atoms with Crippen LogP contribution in [0.25, 0.3) is 0 Å². The van der Waals surface area contributed by atoms with Crippen molar-refractivity contribution in [2.24, 2.45) is 7.05 Å². The fourth-order valence-electron chi connectivity index (χ4n) is 0.402. The lowest BCUT2D eigenvalue weighted by molar-refractivity contribution is -0.256. The second-order valence-corrected chi connectivity index (χ2v) is 1.41.